The summed E-state index contributed by atoms with van der Waals surface area (Å²) in [6, 6.07) is 4.37. The number of nitrogens with one attached hydrogen (secondary N) is 1. The van der Waals surface area contributed by atoms with E-state index in [4.69, 9.17) is 29.5 Å². The van der Waals surface area contributed by atoms with Crippen molar-refractivity contribution in [2.24, 2.45) is 10.7 Å². The Morgan fingerprint density at radius 3 is 2.13 bits per heavy atom. The van der Waals surface area contributed by atoms with Gasteiger partial charge in [-0.1, -0.05) is 13.0 Å². The summed E-state index contributed by atoms with van der Waals surface area (Å²) >= 11 is 0. The number of benzene rings is 2. The molecule has 1 heterocycles. The zero-order valence-corrected chi connectivity index (χ0v) is 31.2. The number of carbonyl (C=O) groups excluding carboxylic acids is 3. The molecule has 0 aliphatic carbocycles. The number of nitrogens with two attached hydrogens (primary N) is 1. The number of halogens is 4. The number of ether oxygens (including phenoxy) is 5. The van der Waals surface area contributed by atoms with Crippen molar-refractivity contribution >= 4 is 45.6 Å². The summed E-state index contributed by atoms with van der Waals surface area (Å²) in [5.74, 6) is -10.0. The molecule has 0 unspecified atom stereocenters. The van der Waals surface area contributed by atoms with Gasteiger partial charge in [-0.05, 0) is 24.6 Å². The fraction of sp³-hybridized carbons (Fsp3) is 0.471. The van der Waals surface area contributed by atoms with Crippen molar-refractivity contribution in [1.82, 2.24) is 14.7 Å². The van der Waals surface area contributed by atoms with Gasteiger partial charge in [0.2, 0.25) is 27.4 Å². The lowest BCUT2D eigenvalue weighted by atomic mass is 10.1. The van der Waals surface area contributed by atoms with Crippen molar-refractivity contribution in [2.45, 2.75) is 31.1 Å². The maximum atomic E-state index is 13.6. The van der Waals surface area contributed by atoms with Gasteiger partial charge < -0.3 is 34.7 Å². The van der Waals surface area contributed by atoms with Gasteiger partial charge in [0.05, 0.1) is 63.3 Å². The van der Waals surface area contributed by atoms with Crippen LogP contribution in [0.2, 0.25) is 0 Å². The summed E-state index contributed by atoms with van der Waals surface area (Å²) in [4.78, 5) is 47.1. The Kier molecular flexibility index (Phi) is 17.9. The Morgan fingerprint density at radius 1 is 0.891 bits per heavy atom. The van der Waals surface area contributed by atoms with Crippen LogP contribution in [0, 0.1) is 23.3 Å². The molecule has 304 valence electrons. The minimum absolute atomic E-state index is 0.00201. The van der Waals surface area contributed by atoms with Gasteiger partial charge in [-0.2, -0.15) is 8.78 Å². The molecule has 2 aromatic carbocycles. The van der Waals surface area contributed by atoms with Crippen molar-refractivity contribution in [2.75, 3.05) is 80.0 Å². The highest BCUT2D eigenvalue weighted by Crippen LogP contribution is 2.31. The molecule has 1 aliphatic heterocycles. The second-order valence-corrected chi connectivity index (χ2v) is 13.8. The Bertz CT molecular complexity index is 1800. The SMILES string of the molecule is CCCN(OCCNC(=O)OCCOCCOCCOCCC(=O)Oc1c(F)c(F)cc(F)c1F)C(=O)C1=Cc2ccc(S(=O)(=O)N(C)C)cc2N=C(N)C1. The normalized spacial score (nSPS) is 12.7. The molecule has 0 saturated heterocycles. The van der Waals surface area contributed by atoms with Crippen LogP contribution >= 0.6 is 0 Å². The molecule has 2 aromatic rings. The average molecular weight is 806 g/mol. The van der Waals surface area contributed by atoms with Crippen molar-refractivity contribution < 1.29 is 68.9 Å². The number of carbonyl (C=O) groups is 3. The first-order valence-corrected chi connectivity index (χ1v) is 18.3. The number of hydrogen-bond donors (Lipinski definition) is 2. The molecule has 0 fully saturated rings. The first-order chi connectivity index (χ1) is 26.1. The molecule has 0 bridgehead atoms. The van der Waals surface area contributed by atoms with Crippen LogP contribution < -0.4 is 15.8 Å². The molecule has 16 nitrogen and oxygen atoms in total. The van der Waals surface area contributed by atoms with Gasteiger partial charge in [-0.3, -0.25) is 14.4 Å². The molecule has 3 N–H and O–H groups in total. The quantitative estimate of drug-likeness (QED) is 0.0441. The van der Waals surface area contributed by atoms with Crippen LogP contribution in [0.25, 0.3) is 6.08 Å². The van der Waals surface area contributed by atoms with Gasteiger partial charge in [0.15, 0.2) is 11.6 Å². The Hall–Kier alpha value is -4.67. The maximum Gasteiger partial charge on any atom is 0.407 e. The van der Waals surface area contributed by atoms with Gasteiger partial charge in [0, 0.05) is 50.8 Å². The van der Waals surface area contributed by atoms with E-state index in [1.54, 1.807) is 12.1 Å². The predicted octanol–water partition coefficient (Wildman–Crippen LogP) is 3.21. The van der Waals surface area contributed by atoms with E-state index in [-0.39, 0.29) is 94.7 Å². The number of alkyl carbamates (subject to hydrolysis) is 1. The number of nitrogens with zero attached hydrogens (tertiary/aromatic N) is 3. The average Bonchev–Trinajstić information content (AvgIpc) is 3.31. The third-order valence-electron chi connectivity index (χ3n) is 7.24. The van der Waals surface area contributed by atoms with Crippen molar-refractivity contribution in [1.29, 1.82) is 0 Å². The third-order valence-corrected chi connectivity index (χ3v) is 9.05. The van der Waals surface area contributed by atoms with E-state index in [0.29, 0.717) is 17.7 Å². The molecule has 0 saturated carbocycles. The lowest BCUT2D eigenvalue weighted by Crippen LogP contribution is -2.37. The summed E-state index contributed by atoms with van der Waals surface area (Å²) < 4.78 is 105. The number of amidine groups is 1. The number of hydroxylamine groups is 2. The largest absolute Gasteiger partial charge is 0.447 e. The standard InChI is InChI=1S/C34H43F4N5O11S/c1-4-9-43(33(45)23-18-22-5-6-24(55(47,48)42(2)3)20-27(22)41-28(39)19-23)53-11-8-40-34(46)52-17-16-51-15-14-50-13-12-49-10-7-29(44)54-32-30(37)25(35)21-26(36)31(32)38/h5-6,18,20-21H,4,7-17,19H2,1-3H3,(H2,39,41)(H,40,46). The maximum absolute atomic E-state index is 13.6. The lowest BCUT2D eigenvalue weighted by molar-refractivity contribution is -0.181. The smallest absolute Gasteiger partial charge is 0.407 e. The van der Waals surface area contributed by atoms with E-state index in [1.807, 2.05) is 6.92 Å². The second-order valence-electron chi connectivity index (χ2n) is 11.6. The van der Waals surface area contributed by atoms with Crippen LogP contribution in [0.4, 0.5) is 28.0 Å². The van der Waals surface area contributed by atoms with E-state index in [2.05, 4.69) is 15.0 Å². The monoisotopic (exact) mass is 805 g/mol. The van der Waals surface area contributed by atoms with E-state index < -0.39 is 63.4 Å². The van der Waals surface area contributed by atoms with Crippen LogP contribution in [0.5, 0.6) is 5.75 Å². The minimum Gasteiger partial charge on any atom is -0.447 e. The number of esters is 1. The van der Waals surface area contributed by atoms with Gasteiger partial charge in [-0.15, -0.1) is 0 Å². The molecule has 0 radical (unpaired) electrons. The van der Waals surface area contributed by atoms with Crippen molar-refractivity contribution in [3.8, 4) is 5.75 Å². The van der Waals surface area contributed by atoms with E-state index in [0.717, 1.165) is 9.37 Å². The summed E-state index contributed by atoms with van der Waals surface area (Å²) in [7, 11) is -0.883. The zero-order chi connectivity index (χ0) is 40.5. The molecule has 55 heavy (non-hydrogen) atoms. The predicted molar refractivity (Wildman–Crippen MR) is 187 cm³/mol. The van der Waals surface area contributed by atoms with Crippen molar-refractivity contribution in [3.05, 3.63) is 58.7 Å². The topological polar surface area (TPSA) is 198 Å². The second kappa shape index (κ2) is 22.0. The van der Waals surface area contributed by atoms with E-state index in [9.17, 15) is 40.4 Å². The number of fused-ring (bicyclic) bond motifs is 1. The number of rotatable bonds is 22. The Labute approximate surface area is 315 Å². The highest BCUT2D eigenvalue weighted by atomic mass is 32.2. The fourth-order valence-electron chi connectivity index (χ4n) is 4.52. The summed E-state index contributed by atoms with van der Waals surface area (Å²) in [5, 5.41) is 3.66. The molecule has 1 aliphatic rings. The fourth-order valence-corrected chi connectivity index (χ4v) is 5.45. The van der Waals surface area contributed by atoms with E-state index >= 15 is 0 Å². The van der Waals surface area contributed by atoms with Gasteiger partial charge in [0.1, 0.15) is 12.4 Å². The molecule has 0 aromatic heterocycles. The van der Waals surface area contributed by atoms with Gasteiger partial charge >= 0.3 is 12.1 Å². The molecule has 0 spiro atoms. The minimum atomic E-state index is -3.71. The number of hydrogen-bond acceptors (Lipinski definition) is 13. The molecule has 2 amide bonds. The molecular weight excluding hydrogens is 762 g/mol. The summed E-state index contributed by atoms with van der Waals surface area (Å²) in [5.41, 5.74) is 7.17. The van der Waals surface area contributed by atoms with Crippen molar-refractivity contribution in [3.63, 3.8) is 0 Å². The Morgan fingerprint density at radius 2 is 1.51 bits per heavy atom. The van der Waals surface area contributed by atoms with Crippen LogP contribution in [-0.2, 0) is 43.4 Å². The number of sulfonamides is 1. The van der Waals surface area contributed by atoms with Crippen LogP contribution in [-0.4, -0.2) is 122 Å². The first-order valence-electron chi connectivity index (χ1n) is 16.9. The van der Waals surface area contributed by atoms with E-state index in [1.165, 1.54) is 26.2 Å². The zero-order valence-electron chi connectivity index (χ0n) is 30.4. The number of aliphatic imine (C=N–C) groups is 1. The summed E-state index contributed by atoms with van der Waals surface area (Å²) in [6.45, 7) is 2.33. The first kappa shape index (κ1) is 44.7. The van der Waals surface area contributed by atoms with Crippen LogP contribution in [0.15, 0.2) is 39.7 Å². The van der Waals surface area contributed by atoms with Gasteiger partial charge in [0.25, 0.3) is 5.91 Å². The van der Waals surface area contributed by atoms with Crippen LogP contribution in [0.1, 0.15) is 31.7 Å². The highest BCUT2D eigenvalue weighted by Gasteiger charge is 2.25. The molecular formula is C34H43F4N5O11S. The third kappa shape index (κ3) is 13.8. The van der Waals surface area contributed by atoms with Crippen LogP contribution in [0.3, 0.4) is 0 Å². The number of amides is 2. The lowest BCUT2D eigenvalue weighted by Gasteiger charge is -2.22. The molecule has 0 atom stereocenters. The molecule has 3 rings (SSSR count). The highest BCUT2D eigenvalue weighted by molar-refractivity contribution is 7.89. The Balaban J connectivity index is 1.26. The molecule has 21 heteroatoms. The van der Waals surface area contributed by atoms with Gasteiger partial charge in [-0.25, -0.2) is 36.4 Å². The summed E-state index contributed by atoms with van der Waals surface area (Å²) in [6.07, 6.45) is 0.970.